The number of rotatable bonds is 8. The molecule has 0 aliphatic heterocycles. The van der Waals surface area contributed by atoms with E-state index in [9.17, 15) is 4.79 Å². The van der Waals surface area contributed by atoms with Gasteiger partial charge in [0.25, 0.3) is 0 Å². The van der Waals surface area contributed by atoms with E-state index in [4.69, 9.17) is 14.6 Å². The molecule has 0 saturated carbocycles. The average molecular weight is 320 g/mol. The molecule has 0 bridgehead atoms. The summed E-state index contributed by atoms with van der Waals surface area (Å²) in [5, 5.41) is 16.1. The van der Waals surface area contributed by atoms with Gasteiger partial charge in [-0.2, -0.15) is 5.10 Å². The third-order valence-corrected chi connectivity index (χ3v) is 3.33. The van der Waals surface area contributed by atoms with Gasteiger partial charge in [0.1, 0.15) is 12.2 Å². The summed E-state index contributed by atoms with van der Waals surface area (Å²) in [6.45, 7) is 2.20. The second-order valence-electron chi connectivity index (χ2n) is 5.01. The van der Waals surface area contributed by atoms with Crippen molar-refractivity contribution < 1.29 is 19.4 Å². The highest BCUT2D eigenvalue weighted by atomic mass is 16.5. The molecule has 0 spiro atoms. The highest BCUT2D eigenvalue weighted by Crippen LogP contribution is 2.28. The number of aryl methyl sites for hydroxylation is 1. The molecule has 23 heavy (non-hydrogen) atoms. The number of hydrogen-bond donors (Lipinski definition) is 2. The molecule has 1 aromatic heterocycles. The van der Waals surface area contributed by atoms with Crippen molar-refractivity contribution in [3.8, 4) is 11.5 Å². The fourth-order valence-electron chi connectivity index (χ4n) is 2.14. The van der Waals surface area contributed by atoms with Crippen molar-refractivity contribution in [1.29, 1.82) is 0 Å². The normalized spacial score (nSPS) is 12.0. The van der Waals surface area contributed by atoms with E-state index in [-0.39, 0.29) is 6.04 Å². The van der Waals surface area contributed by atoms with Crippen LogP contribution in [0.25, 0.3) is 0 Å². The molecule has 2 rings (SSSR count). The molecule has 8 heteroatoms. The summed E-state index contributed by atoms with van der Waals surface area (Å²) in [4.78, 5) is 14.8. The SMILES string of the molecule is COc1cc(CN[C@H](C)c2ncnn2C)ccc1OCC(=O)O. The molecule has 0 saturated heterocycles. The number of aromatic nitrogens is 3. The number of aliphatic carboxylic acids is 1. The maximum absolute atomic E-state index is 10.6. The minimum absolute atomic E-state index is 0.0384. The van der Waals surface area contributed by atoms with Gasteiger partial charge in [0.2, 0.25) is 0 Å². The predicted octanol–water partition coefficient (Wildman–Crippen LogP) is 1.14. The summed E-state index contributed by atoms with van der Waals surface area (Å²) in [5.41, 5.74) is 0.985. The van der Waals surface area contributed by atoms with Crippen LogP contribution in [-0.4, -0.2) is 39.6 Å². The van der Waals surface area contributed by atoms with E-state index in [1.54, 1.807) is 10.7 Å². The molecule has 0 aliphatic rings. The van der Waals surface area contributed by atoms with Gasteiger partial charge < -0.3 is 19.9 Å². The highest BCUT2D eigenvalue weighted by molar-refractivity contribution is 5.68. The number of carboxylic acid groups (broad SMARTS) is 1. The molecular formula is C15H20N4O4. The average Bonchev–Trinajstić information content (AvgIpc) is 2.97. The monoisotopic (exact) mass is 320 g/mol. The van der Waals surface area contributed by atoms with Crippen molar-refractivity contribution in [2.45, 2.75) is 19.5 Å². The van der Waals surface area contributed by atoms with Gasteiger partial charge in [-0.3, -0.25) is 4.68 Å². The highest BCUT2D eigenvalue weighted by Gasteiger charge is 2.12. The standard InChI is InChI=1S/C15H20N4O4/c1-10(15-17-9-18-19(15)2)16-7-11-4-5-12(13(6-11)22-3)23-8-14(20)21/h4-6,9-10,16H,7-8H2,1-3H3,(H,20,21)/t10-/m1/s1. The number of carboxylic acids is 1. The Morgan fingerprint density at radius 3 is 2.83 bits per heavy atom. The molecule has 0 fully saturated rings. The van der Waals surface area contributed by atoms with Gasteiger partial charge in [-0.05, 0) is 24.6 Å². The van der Waals surface area contributed by atoms with Crippen LogP contribution in [0.4, 0.5) is 0 Å². The number of methoxy groups -OCH3 is 1. The minimum atomic E-state index is -1.03. The second-order valence-corrected chi connectivity index (χ2v) is 5.01. The largest absolute Gasteiger partial charge is 0.493 e. The van der Waals surface area contributed by atoms with E-state index in [0.29, 0.717) is 18.0 Å². The first-order valence-electron chi connectivity index (χ1n) is 7.10. The van der Waals surface area contributed by atoms with E-state index in [2.05, 4.69) is 15.4 Å². The van der Waals surface area contributed by atoms with Gasteiger partial charge in [-0.1, -0.05) is 6.07 Å². The predicted molar refractivity (Wildman–Crippen MR) is 82.4 cm³/mol. The lowest BCUT2D eigenvalue weighted by Crippen LogP contribution is -2.21. The lowest BCUT2D eigenvalue weighted by molar-refractivity contribution is -0.139. The third kappa shape index (κ3) is 4.43. The summed E-state index contributed by atoms with van der Waals surface area (Å²) in [5.74, 6) is 0.713. The lowest BCUT2D eigenvalue weighted by atomic mass is 10.2. The molecule has 1 aromatic carbocycles. The van der Waals surface area contributed by atoms with Crippen LogP contribution in [0.3, 0.4) is 0 Å². The number of benzene rings is 1. The van der Waals surface area contributed by atoms with Crippen LogP contribution in [0.15, 0.2) is 24.5 Å². The smallest absolute Gasteiger partial charge is 0.341 e. The van der Waals surface area contributed by atoms with Crippen LogP contribution < -0.4 is 14.8 Å². The van der Waals surface area contributed by atoms with E-state index < -0.39 is 12.6 Å². The van der Waals surface area contributed by atoms with Crippen LogP contribution in [0.1, 0.15) is 24.4 Å². The van der Waals surface area contributed by atoms with E-state index in [1.807, 2.05) is 26.1 Å². The first-order chi connectivity index (χ1) is 11.0. The van der Waals surface area contributed by atoms with Gasteiger partial charge in [0, 0.05) is 13.6 Å². The van der Waals surface area contributed by atoms with E-state index >= 15 is 0 Å². The molecule has 0 amide bonds. The van der Waals surface area contributed by atoms with Crippen molar-refractivity contribution in [1.82, 2.24) is 20.1 Å². The van der Waals surface area contributed by atoms with Crippen LogP contribution >= 0.6 is 0 Å². The van der Waals surface area contributed by atoms with Gasteiger partial charge in [0.15, 0.2) is 18.1 Å². The van der Waals surface area contributed by atoms with Gasteiger partial charge >= 0.3 is 5.97 Å². The Hall–Kier alpha value is -2.61. The summed E-state index contributed by atoms with van der Waals surface area (Å²) in [6, 6.07) is 5.41. The van der Waals surface area contributed by atoms with Crippen molar-refractivity contribution in [2.24, 2.45) is 7.05 Å². The zero-order valence-electron chi connectivity index (χ0n) is 13.3. The number of ether oxygens (including phenoxy) is 2. The molecular weight excluding hydrogens is 300 g/mol. The van der Waals surface area contributed by atoms with E-state index in [0.717, 1.165) is 11.4 Å². The zero-order valence-corrected chi connectivity index (χ0v) is 13.3. The van der Waals surface area contributed by atoms with E-state index in [1.165, 1.54) is 13.4 Å². The fraction of sp³-hybridized carbons (Fsp3) is 0.400. The Labute approximate surface area is 134 Å². The molecule has 124 valence electrons. The van der Waals surface area contributed by atoms with Gasteiger partial charge in [-0.25, -0.2) is 9.78 Å². The van der Waals surface area contributed by atoms with Crippen molar-refractivity contribution in [3.63, 3.8) is 0 Å². The molecule has 0 aliphatic carbocycles. The topological polar surface area (TPSA) is 98.5 Å². The maximum Gasteiger partial charge on any atom is 0.341 e. The maximum atomic E-state index is 10.6. The molecule has 0 unspecified atom stereocenters. The van der Waals surface area contributed by atoms with Gasteiger partial charge in [0.05, 0.1) is 13.2 Å². The summed E-state index contributed by atoms with van der Waals surface area (Å²) in [7, 11) is 3.36. The Kier molecular flexibility index (Phi) is 5.53. The Morgan fingerprint density at radius 1 is 1.43 bits per heavy atom. The zero-order chi connectivity index (χ0) is 16.8. The summed E-state index contributed by atoms with van der Waals surface area (Å²) in [6.07, 6.45) is 1.52. The van der Waals surface area contributed by atoms with Crippen LogP contribution in [0.2, 0.25) is 0 Å². The Balaban J connectivity index is 2.00. The number of hydrogen-bond acceptors (Lipinski definition) is 6. The summed E-state index contributed by atoms with van der Waals surface area (Å²) >= 11 is 0. The molecule has 2 aromatic rings. The Morgan fingerprint density at radius 2 is 2.22 bits per heavy atom. The molecule has 8 nitrogen and oxygen atoms in total. The van der Waals surface area contributed by atoms with Crippen LogP contribution in [0, 0.1) is 0 Å². The first kappa shape index (κ1) is 16.8. The number of carbonyl (C=O) groups is 1. The minimum Gasteiger partial charge on any atom is -0.493 e. The fourth-order valence-corrected chi connectivity index (χ4v) is 2.14. The lowest BCUT2D eigenvalue weighted by Gasteiger charge is -2.14. The molecule has 1 atom stereocenters. The van der Waals surface area contributed by atoms with Crippen LogP contribution in [-0.2, 0) is 18.4 Å². The summed E-state index contributed by atoms with van der Waals surface area (Å²) < 4.78 is 12.1. The number of nitrogens with zero attached hydrogens (tertiary/aromatic N) is 3. The van der Waals surface area contributed by atoms with Gasteiger partial charge in [-0.15, -0.1) is 0 Å². The molecule has 0 radical (unpaired) electrons. The third-order valence-electron chi connectivity index (χ3n) is 3.33. The molecule has 2 N–H and O–H groups in total. The Bertz CT molecular complexity index is 671. The van der Waals surface area contributed by atoms with Crippen molar-refractivity contribution >= 4 is 5.97 Å². The first-order valence-corrected chi connectivity index (χ1v) is 7.10. The quantitative estimate of drug-likeness (QED) is 0.752. The second kappa shape index (κ2) is 7.59. The number of nitrogens with one attached hydrogen (secondary N) is 1. The van der Waals surface area contributed by atoms with Crippen LogP contribution in [0.5, 0.6) is 11.5 Å². The molecule has 1 heterocycles. The van der Waals surface area contributed by atoms with Crippen molar-refractivity contribution in [3.05, 3.63) is 35.9 Å². The van der Waals surface area contributed by atoms with Crippen molar-refractivity contribution in [2.75, 3.05) is 13.7 Å².